The van der Waals surface area contributed by atoms with Crippen molar-refractivity contribution in [3.8, 4) is 0 Å². The van der Waals surface area contributed by atoms with Gasteiger partial charge in [0.05, 0.1) is 6.01 Å². The van der Waals surface area contributed by atoms with Crippen molar-refractivity contribution in [3.05, 3.63) is 0 Å². The Labute approximate surface area is 93.7 Å². The van der Waals surface area contributed by atoms with Crippen LogP contribution in [-0.4, -0.2) is 36.7 Å². The zero-order valence-electron chi connectivity index (χ0n) is 9.66. The Balaban J connectivity index is 0. The summed E-state index contributed by atoms with van der Waals surface area (Å²) in [5, 5.41) is 0. The van der Waals surface area contributed by atoms with Gasteiger partial charge in [-0.1, -0.05) is 20.8 Å². The van der Waals surface area contributed by atoms with Crippen molar-refractivity contribution in [1.29, 1.82) is 0 Å². The molecule has 0 aromatic carbocycles. The number of rotatable bonds is 6. The summed E-state index contributed by atoms with van der Waals surface area (Å²) < 4.78 is 0. The molecule has 84 valence electrons. The standard InChI is InChI=1S/C10H21N3.ClH/c1-5-10(12-9-11-6-2)13(7-3)8-4;/h10H,5-8H2,1-4H3;1H. The van der Waals surface area contributed by atoms with Crippen LogP contribution in [0.2, 0.25) is 0 Å². The van der Waals surface area contributed by atoms with E-state index in [1.807, 2.05) is 6.92 Å². The molecule has 0 saturated heterocycles. The Bertz CT molecular complexity index is 172. The van der Waals surface area contributed by atoms with Crippen LogP contribution in [0.5, 0.6) is 0 Å². The van der Waals surface area contributed by atoms with Gasteiger partial charge in [-0.3, -0.25) is 4.90 Å². The first-order valence-corrected chi connectivity index (χ1v) is 5.15. The molecule has 0 aliphatic rings. The molecule has 14 heavy (non-hydrogen) atoms. The van der Waals surface area contributed by atoms with E-state index < -0.39 is 0 Å². The molecule has 0 aromatic heterocycles. The number of hydrogen-bond donors (Lipinski definition) is 0. The Morgan fingerprint density at radius 1 is 1.14 bits per heavy atom. The Hall–Kier alpha value is -0.370. The van der Waals surface area contributed by atoms with Crippen molar-refractivity contribution in [2.75, 3.05) is 19.6 Å². The van der Waals surface area contributed by atoms with Gasteiger partial charge in [-0.05, 0) is 26.4 Å². The molecular weight excluding hydrogens is 198 g/mol. The molecule has 0 fully saturated rings. The quantitative estimate of drug-likeness (QED) is 0.632. The first kappa shape index (κ1) is 16.1. The normalized spacial score (nSPS) is 11.5. The van der Waals surface area contributed by atoms with Crippen LogP contribution < -0.4 is 0 Å². The van der Waals surface area contributed by atoms with Crippen molar-refractivity contribution < 1.29 is 0 Å². The Morgan fingerprint density at radius 3 is 2.07 bits per heavy atom. The monoisotopic (exact) mass is 219 g/mol. The average Bonchev–Trinajstić information content (AvgIpc) is 2.17. The highest BCUT2D eigenvalue weighted by molar-refractivity contribution is 5.85. The molecule has 0 rings (SSSR count). The summed E-state index contributed by atoms with van der Waals surface area (Å²) in [6.07, 6.45) is 1.28. The first-order chi connectivity index (χ1) is 6.29. The second kappa shape index (κ2) is 10.7. The summed E-state index contributed by atoms with van der Waals surface area (Å²) >= 11 is 0. The number of aliphatic imine (C=N–C) groups is 2. The highest BCUT2D eigenvalue weighted by Crippen LogP contribution is 2.03. The van der Waals surface area contributed by atoms with E-state index in [4.69, 9.17) is 0 Å². The second-order valence-corrected chi connectivity index (χ2v) is 2.81. The minimum atomic E-state index is 0. The van der Waals surface area contributed by atoms with Crippen LogP contribution in [0.15, 0.2) is 9.98 Å². The highest BCUT2D eigenvalue weighted by Gasteiger charge is 2.10. The van der Waals surface area contributed by atoms with Gasteiger partial charge in [0.15, 0.2) is 0 Å². The minimum Gasteiger partial charge on any atom is -0.282 e. The molecule has 0 heterocycles. The SMILES string of the molecule is CCN=C=NC(CC)N(CC)CC.Cl. The van der Waals surface area contributed by atoms with Gasteiger partial charge in [0.2, 0.25) is 0 Å². The zero-order chi connectivity index (χ0) is 10.1. The summed E-state index contributed by atoms with van der Waals surface area (Å²) in [7, 11) is 0. The van der Waals surface area contributed by atoms with Crippen molar-refractivity contribution in [2.24, 2.45) is 9.98 Å². The van der Waals surface area contributed by atoms with Crippen molar-refractivity contribution in [3.63, 3.8) is 0 Å². The summed E-state index contributed by atoms with van der Waals surface area (Å²) in [6, 6.07) is 2.74. The molecule has 4 heteroatoms. The van der Waals surface area contributed by atoms with Gasteiger partial charge >= 0.3 is 0 Å². The van der Waals surface area contributed by atoms with E-state index in [1.165, 1.54) is 0 Å². The van der Waals surface area contributed by atoms with Crippen molar-refractivity contribution in [2.45, 2.75) is 40.3 Å². The van der Waals surface area contributed by atoms with Gasteiger partial charge < -0.3 is 0 Å². The molecule has 0 amide bonds. The predicted octanol–water partition coefficient (Wildman–Crippen LogP) is 2.68. The van der Waals surface area contributed by atoms with Crippen LogP contribution in [0, 0.1) is 0 Å². The van der Waals surface area contributed by atoms with Gasteiger partial charge in [-0.2, -0.15) is 0 Å². The first-order valence-electron chi connectivity index (χ1n) is 5.15. The molecule has 1 atom stereocenters. The van der Waals surface area contributed by atoms with Gasteiger partial charge in [0.25, 0.3) is 0 Å². The highest BCUT2D eigenvalue weighted by atomic mass is 35.5. The molecule has 0 bridgehead atoms. The fourth-order valence-corrected chi connectivity index (χ4v) is 1.25. The van der Waals surface area contributed by atoms with Gasteiger partial charge in [-0.15, -0.1) is 12.4 Å². The fraction of sp³-hybridized carbons (Fsp3) is 0.900. The van der Waals surface area contributed by atoms with E-state index in [0.29, 0.717) is 0 Å². The van der Waals surface area contributed by atoms with Crippen molar-refractivity contribution in [1.82, 2.24) is 4.90 Å². The molecule has 0 saturated carbocycles. The van der Waals surface area contributed by atoms with Crippen LogP contribution in [0.3, 0.4) is 0 Å². The van der Waals surface area contributed by atoms with E-state index in [9.17, 15) is 0 Å². The summed E-state index contributed by atoms with van der Waals surface area (Å²) in [5.74, 6) is 0. The van der Waals surface area contributed by atoms with Crippen LogP contribution in [0.4, 0.5) is 0 Å². The summed E-state index contributed by atoms with van der Waals surface area (Å²) in [6.45, 7) is 11.3. The lowest BCUT2D eigenvalue weighted by atomic mass is 10.3. The smallest absolute Gasteiger partial charge is 0.113 e. The van der Waals surface area contributed by atoms with E-state index in [0.717, 1.165) is 26.1 Å². The average molecular weight is 220 g/mol. The molecule has 3 nitrogen and oxygen atoms in total. The van der Waals surface area contributed by atoms with Gasteiger partial charge in [-0.25, -0.2) is 9.98 Å². The molecule has 0 spiro atoms. The number of halogens is 1. The predicted molar refractivity (Wildman–Crippen MR) is 64.7 cm³/mol. The molecule has 0 N–H and O–H groups in total. The fourth-order valence-electron chi connectivity index (χ4n) is 1.25. The lowest BCUT2D eigenvalue weighted by Gasteiger charge is -2.23. The molecular formula is C10H22ClN3. The van der Waals surface area contributed by atoms with Gasteiger partial charge in [0.1, 0.15) is 6.17 Å². The summed E-state index contributed by atoms with van der Waals surface area (Å²) in [5.41, 5.74) is 0. The molecule has 1 unspecified atom stereocenters. The maximum absolute atomic E-state index is 4.28. The molecule has 0 aromatic rings. The lowest BCUT2D eigenvalue weighted by Crippen LogP contribution is -2.32. The van der Waals surface area contributed by atoms with E-state index in [1.54, 1.807) is 0 Å². The van der Waals surface area contributed by atoms with Crippen LogP contribution in [0.25, 0.3) is 0 Å². The lowest BCUT2D eigenvalue weighted by molar-refractivity contribution is 0.219. The van der Waals surface area contributed by atoms with Gasteiger partial charge in [0, 0.05) is 6.54 Å². The Kier molecular flexibility index (Phi) is 12.3. The van der Waals surface area contributed by atoms with Crippen LogP contribution in [0.1, 0.15) is 34.1 Å². The number of hydrogen-bond acceptors (Lipinski definition) is 3. The summed E-state index contributed by atoms with van der Waals surface area (Å²) in [4.78, 5) is 10.6. The van der Waals surface area contributed by atoms with Crippen LogP contribution >= 0.6 is 12.4 Å². The topological polar surface area (TPSA) is 28.0 Å². The molecule has 0 radical (unpaired) electrons. The van der Waals surface area contributed by atoms with E-state index >= 15 is 0 Å². The maximum Gasteiger partial charge on any atom is 0.113 e. The third kappa shape index (κ3) is 6.14. The molecule has 0 aliphatic heterocycles. The molecule has 0 aliphatic carbocycles. The Morgan fingerprint density at radius 2 is 1.71 bits per heavy atom. The third-order valence-corrected chi connectivity index (χ3v) is 2.03. The number of nitrogens with zero attached hydrogens (tertiary/aromatic N) is 3. The second-order valence-electron chi connectivity index (χ2n) is 2.81. The largest absolute Gasteiger partial charge is 0.282 e. The minimum absolute atomic E-state index is 0. The van der Waals surface area contributed by atoms with E-state index in [-0.39, 0.29) is 18.6 Å². The maximum atomic E-state index is 4.28. The van der Waals surface area contributed by atoms with E-state index in [2.05, 4.69) is 41.7 Å². The van der Waals surface area contributed by atoms with Crippen molar-refractivity contribution >= 4 is 18.4 Å². The third-order valence-electron chi connectivity index (χ3n) is 2.03. The van der Waals surface area contributed by atoms with Crippen LogP contribution in [-0.2, 0) is 0 Å². The zero-order valence-corrected chi connectivity index (χ0v) is 10.5.